The van der Waals surface area contributed by atoms with Crippen molar-refractivity contribution in [2.45, 2.75) is 24.3 Å². The van der Waals surface area contributed by atoms with Crippen molar-refractivity contribution in [3.8, 4) is 11.4 Å². The fourth-order valence-electron chi connectivity index (χ4n) is 3.82. The molecule has 1 N–H and O–H groups in total. The lowest BCUT2D eigenvalue weighted by Gasteiger charge is -2.35. The van der Waals surface area contributed by atoms with E-state index in [-0.39, 0.29) is 17.7 Å². The highest BCUT2D eigenvalue weighted by Gasteiger charge is 2.35. The molecule has 172 valence electrons. The van der Waals surface area contributed by atoms with E-state index < -0.39 is 6.04 Å². The fraction of sp³-hybridized carbons (Fsp3) is 0.292. The van der Waals surface area contributed by atoms with Crippen molar-refractivity contribution in [1.82, 2.24) is 20.4 Å². The third-order valence-electron chi connectivity index (χ3n) is 5.51. The third-order valence-corrected chi connectivity index (χ3v) is 6.26. The van der Waals surface area contributed by atoms with E-state index >= 15 is 0 Å². The Morgan fingerprint density at radius 1 is 1.24 bits per heavy atom. The van der Waals surface area contributed by atoms with Crippen molar-refractivity contribution in [3.63, 3.8) is 0 Å². The molecule has 1 aliphatic rings. The zero-order valence-electron chi connectivity index (χ0n) is 18.7. The summed E-state index contributed by atoms with van der Waals surface area (Å²) in [7, 11) is 1.62. The lowest BCUT2D eigenvalue weighted by atomic mass is 9.94. The van der Waals surface area contributed by atoms with Gasteiger partial charge in [-0.15, -0.1) is 11.8 Å². The number of aromatic nitrogens is 2. The van der Waals surface area contributed by atoms with Crippen LogP contribution < -0.4 is 5.32 Å². The Labute approximate surface area is 196 Å². The van der Waals surface area contributed by atoms with E-state index in [0.717, 1.165) is 10.5 Å². The Balaban J connectivity index is 1.75. The third kappa shape index (κ3) is 4.94. The van der Waals surface area contributed by atoms with Gasteiger partial charge in [0.05, 0.1) is 11.6 Å². The first kappa shape index (κ1) is 23.0. The van der Waals surface area contributed by atoms with Crippen LogP contribution in [0.4, 0.5) is 9.18 Å². The van der Waals surface area contributed by atoms with Crippen LogP contribution in [0.1, 0.15) is 30.8 Å². The normalized spacial score (nSPS) is 16.3. The summed E-state index contributed by atoms with van der Waals surface area (Å²) in [4.78, 5) is 20.3. The average Bonchev–Trinajstić information content (AvgIpc) is 3.30. The Hall–Kier alpha value is -3.17. The number of allylic oxidation sites excluding steroid dienone is 1. The second-order valence-electron chi connectivity index (χ2n) is 7.59. The molecule has 9 heteroatoms. The number of thioether (sulfide) groups is 1. The molecule has 0 aliphatic carbocycles. The summed E-state index contributed by atoms with van der Waals surface area (Å²) in [6, 6.07) is 13.1. The highest BCUT2D eigenvalue weighted by molar-refractivity contribution is 7.98. The molecule has 2 aromatic carbocycles. The first-order valence-electron chi connectivity index (χ1n) is 10.5. The maximum Gasteiger partial charge on any atom is 0.322 e. The summed E-state index contributed by atoms with van der Waals surface area (Å²) in [5.41, 5.74) is 2.73. The lowest BCUT2D eigenvalue weighted by molar-refractivity contribution is 0.174. The van der Waals surface area contributed by atoms with Gasteiger partial charge in [0.1, 0.15) is 5.82 Å². The monoisotopic (exact) mass is 468 g/mol. The van der Waals surface area contributed by atoms with Crippen molar-refractivity contribution in [3.05, 3.63) is 71.5 Å². The van der Waals surface area contributed by atoms with Gasteiger partial charge in [-0.1, -0.05) is 17.3 Å². The van der Waals surface area contributed by atoms with E-state index in [1.165, 1.54) is 12.1 Å². The topological polar surface area (TPSA) is 80.5 Å². The van der Waals surface area contributed by atoms with Crippen molar-refractivity contribution >= 4 is 23.4 Å². The Morgan fingerprint density at radius 2 is 2.03 bits per heavy atom. The zero-order chi connectivity index (χ0) is 23.4. The van der Waals surface area contributed by atoms with E-state index in [4.69, 9.17) is 9.26 Å². The second-order valence-corrected chi connectivity index (χ2v) is 8.47. The number of hydrogen-bond donors (Lipinski definition) is 1. The number of ether oxygens (including phenoxy) is 1. The molecule has 0 spiro atoms. The SMILES string of the molecule is COCCCN1C(=O)NC(c2cccc(F)c2)C(c2nc(-c3ccc(SC)cc3)no2)=C1C. The van der Waals surface area contributed by atoms with Gasteiger partial charge in [0, 0.05) is 36.4 Å². The molecular weight excluding hydrogens is 443 g/mol. The number of hydrogen-bond acceptors (Lipinski definition) is 6. The molecule has 1 unspecified atom stereocenters. The molecule has 1 aliphatic heterocycles. The molecule has 0 fully saturated rings. The van der Waals surface area contributed by atoms with Gasteiger partial charge in [-0.2, -0.15) is 4.98 Å². The molecule has 3 aromatic rings. The van der Waals surface area contributed by atoms with Crippen molar-refractivity contribution in [1.29, 1.82) is 0 Å². The Kier molecular flexibility index (Phi) is 7.10. The molecule has 4 rings (SSSR count). The maximum absolute atomic E-state index is 14.0. The number of benzene rings is 2. The number of urea groups is 1. The first-order valence-corrected chi connectivity index (χ1v) is 11.8. The van der Waals surface area contributed by atoms with E-state index in [2.05, 4.69) is 15.5 Å². The van der Waals surface area contributed by atoms with Crippen LogP contribution in [0, 0.1) is 5.82 Å². The number of carbonyl (C=O) groups excluding carboxylic acids is 1. The summed E-state index contributed by atoms with van der Waals surface area (Å²) in [5, 5.41) is 7.14. The fourth-order valence-corrected chi connectivity index (χ4v) is 4.23. The number of carbonyl (C=O) groups is 1. The van der Waals surface area contributed by atoms with Gasteiger partial charge < -0.3 is 14.6 Å². The number of nitrogens with one attached hydrogen (secondary N) is 1. The minimum absolute atomic E-state index is 0.269. The number of amides is 2. The van der Waals surface area contributed by atoms with E-state index in [1.807, 2.05) is 37.4 Å². The number of methoxy groups -OCH3 is 1. The molecular formula is C24H25FN4O3S. The van der Waals surface area contributed by atoms with E-state index in [9.17, 15) is 9.18 Å². The smallest absolute Gasteiger partial charge is 0.322 e. The summed E-state index contributed by atoms with van der Waals surface area (Å²) < 4.78 is 24.8. The molecule has 1 aromatic heterocycles. The molecule has 0 saturated carbocycles. The van der Waals surface area contributed by atoms with Crippen LogP contribution in [-0.4, -0.2) is 47.6 Å². The Morgan fingerprint density at radius 3 is 2.73 bits per heavy atom. The predicted molar refractivity (Wildman–Crippen MR) is 125 cm³/mol. The average molecular weight is 469 g/mol. The zero-order valence-corrected chi connectivity index (χ0v) is 19.5. The largest absolute Gasteiger partial charge is 0.385 e. The van der Waals surface area contributed by atoms with Crippen LogP contribution in [0.15, 0.2) is 63.6 Å². The molecule has 1 atom stereocenters. The quantitative estimate of drug-likeness (QED) is 0.365. The van der Waals surface area contributed by atoms with Crippen LogP contribution in [0.25, 0.3) is 17.0 Å². The van der Waals surface area contributed by atoms with Gasteiger partial charge in [-0.3, -0.25) is 4.90 Å². The molecule has 7 nitrogen and oxygen atoms in total. The van der Waals surface area contributed by atoms with Gasteiger partial charge in [-0.05, 0) is 61.6 Å². The molecule has 33 heavy (non-hydrogen) atoms. The van der Waals surface area contributed by atoms with Gasteiger partial charge >= 0.3 is 6.03 Å². The predicted octanol–water partition coefficient (Wildman–Crippen LogP) is 5.13. The first-order chi connectivity index (χ1) is 16.0. The minimum Gasteiger partial charge on any atom is -0.385 e. The summed E-state index contributed by atoms with van der Waals surface area (Å²) in [6.07, 6.45) is 2.68. The van der Waals surface area contributed by atoms with E-state index in [1.54, 1.807) is 35.9 Å². The lowest BCUT2D eigenvalue weighted by Crippen LogP contribution is -2.46. The standard InChI is InChI=1S/C24H25FN4O3S/c1-15-20(23-27-22(28-32-23)16-8-10-19(33-3)11-9-16)21(17-6-4-7-18(25)14-17)26-24(30)29(15)12-5-13-31-2/h4,6-11,14,21H,5,12-13H2,1-3H3,(H,26,30). The van der Waals surface area contributed by atoms with Crippen molar-refractivity contribution in [2.24, 2.45) is 0 Å². The van der Waals surface area contributed by atoms with Gasteiger partial charge in [0.25, 0.3) is 5.89 Å². The second kappa shape index (κ2) is 10.2. The van der Waals surface area contributed by atoms with E-state index in [0.29, 0.717) is 42.2 Å². The van der Waals surface area contributed by atoms with Crippen molar-refractivity contribution < 1.29 is 18.4 Å². The van der Waals surface area contributed by atoms with Gasteiger partial charge in [0.15, 0.2) is 0 Å². The van der Waals surface area contributed by atoms with Crippen LogP contribution >= 0.6 is 11.8 Å². The maximum atomic E-state index is 14.0. The molecule has 0 radical (unpaired) electrons. The number of nitrogens with zero attached hydrogens (tertiary/aromatic N) is 3. The van der Waals surface area contributed by atoms with Crippen LogP contribution in [0.3, 0.4) is 0 Å². The Bertz CT molecular complexity index is 1160. The van der Waals surface area contributed by atoms with Gasteiger partial charge in [0.2, 0.25) is 5.82 Å². The highest BCUT2D eigenvalue weighted by Crippen LogP contribution is 2.37. The summed E-state index contributed by atoms with van der Waals surface area (Å²) >= 11 is 1.65. The van der Waals surface area contributed by atoms with Crippen LogP contribution in [0.2, 0.25) is 0 Å². The highest BCUT2D eigenvalue weighted by atomic mass is 32.2. The summed E-state index contributed by atoms with van der Waals surface area (Å²) in [6.45, 7) is 2.82. The molecule has 2 amide bonds. The van der Waals surface area contributed by atoms with Gasteiger partial charge in [-0.25, -0.2) is 9.18 Å². The molecule has 0 saturated heterocycles. The summed E-state index contributed by atoms with van der Waals surface area (Å²) in [5.74, 6) is 0.336. The van der Waals surface area contributed by atoms with Crippen LogP contribution in [0.5, 0.6) is 0 Å². The molecule has 2 heterocycles. The number of rotatable bonds is 8. The van der Waals surface area contributed by atoms with Crippen molar-refractivity contribution in [2.75, 3.05) is 26.5 Å². The molecule has 0 bridgehead atoms. The van der Waals surface area contributed by atoms with Crippen LogP contribution in [-0.2, 0) is 4.74 Å². The minimum atomic E-state index is -0.626. The number of halogens is 1.